The molecule has 0 aromatic heterocycles. The molecular formula is C28H29FN2O3. The van der Waals surface area contributed by atoms with E-state index in [0.29, 0.717) is 29.9 Å². The van der Waals surface area contributed by atoms with E-state index >= 15 is 0 Å². The first-order valence-corrected chi connectivity index (χ1v) is 11.3. The van der Waals surface area contributed by atoms with Crippen molar-refractivity contribution in [3.05, 3.63) is 86.8 Å². The van der Waals surface area contributed by atoms with Crippen LogP contribution in [0.3, 0.4) is 0 Å². The molecule has 1 aliphatic heterocycles. The lowest BCUT2D eigenvalue weighted by Crippen LogP contribution is -2.34. The Morgan fingerprint density at radius 1 is 1.18 bits per heavy atom. The maximum atomic E-state index is 13.3. The summed E-state index contributed by atoms with van der Waals surface area (Å²) in [6.07, 6.45) is 0.962. The number of Topliss-reactive ketones (excluding diaryl/α,β-unsaturated/α-hetero) is 1. The zero-order chi connectivity index (χ0) is 24.8. The highest BCUT2D eigenvalue weighted by Crippen LogP contribution is 2.49. The largest absolute Gasteiger partial charge is 0.489 e. The molecule has 0 unspecified atom stereocenters. The number of carbonyl (C=O) groups is 1. The van der Waals surface area contributed by atoms with Gasteiger partial charge in [0.25, 0.3) is 0 Å². The van der Waals surface area contributed by atoms with Gasteiger partial charge in [0.05, 0.1) is 5.92 Å². The van der Waals surface area contributed by atoms with Crippen molar-refractivity contribution in [1.29, 1.82) is 5.26 Å². The number of halogens is 1. The molecule has 34 heavy (non-hydrogen) atoms. The summed E-state index contributed by atoms with van der Waals surface area (Å²) in [4.78, 5) is 13.3. The fourth-order valence-electron chi connectivity index (χ4n) is 5.17. The topological polar surface area (TPSA) is 85.3 Å². The van der Waals surface area contributed by atoms with Crippen LogP contribution in [0.5, 0.6) is 5.75 Å². The average Bonchev–Trinajstić information content (AvgIpc) is 2.73. The average molecular weight is 461 g/mol. The number of allylic oxidation sites excluding steroid dienone is 3. The van der Waals surface area contributed by atoms with Crippen LogP contribution in [-0.2, 0) is 16.1 Å². The van der Waals surface area contributed by atoms with Crippen molar-refractivity contribution in [3.8, 4) is 11.8 Å². The van der Waals surface area contributed by atoms with E-state index in [0.717, 1.165) is 27.8 Å². The van der Waals surface area contributed by atoms with Gasteiger partial charge in [0.1, 0.15) is 35.6 Å². The summed E-state index contributed by atoms with van der Waals surface area (Å²) < 4.78 is 25.0. The van der Waals surface area contributed by atoms with E-state index in [1.54, 1.807) is 12.1 Å². The predicted octanol–water partition coefficient (Wildman–Crippen LogP) is 5.78. The van der Waals surface area contributed by atoms with Crippen LogP contribution < -0.4 is 10.5 Å². The minimum atomic E-state index is -0.581. The van der Waals surface area contributed by atoms with Crippen LogP contribution in [0.4, 0.5) is 4.39 Å². The van der Waals surface area contributed by atoms with Gasteiger partial charge in [0.2, 0.25) is 5.88 Å². The number of nitriles is 1. The van der Waals surface area contributed by atoms with Crippen LogP contribution in [0, 0.1) is 43.3 Å². The second-order valence-electron chi connectivity index (χ2n) is 9.97. The molecule has 0 saturated carbocycles. The number of ketones is 1. The molecule has 0 spiro atoms. The first-order valence-electron chi connectivity index (χ1n) is 11.3. The molecule has 0 amide bonds. The Bertz CT molecular complexity index is 1280. The monoisotopic (exact) mass is 460 g/mol. The van der Waals surface area contributed by atoms with Crippen molar-refractivity contribution < 1.29 is 18.7 Å². The van der Waals surface area contributed by atoms with Crippen LogP contribution in [0.1, 0.15) is 60.4 Å². The number of benzene rings is 2. The second kappa shape index (κ2) is 8.64. The van der Waals surface area contributed by atoms with Gasteiger partial charge in [-0.25, -0.2) is 4.39 Å². The lowest BCUT2D eigenvalue weighted by atomic mass is 9.69. The van der Waals surface area contributed by atoms with Crippen molar-refractivity contribution in [3.63, 3.8) is 0 Å². The van der Waals surface area contributed by atoms with Gasteiger partial charge in [-0.05, 0) is 78.3 Å². The summed E-state index contributed by atoms with van der Waals surface area (Å²) in [5.74, 6) is 0.258. The SMILES string of the molecule is Cc1cc(C)c([C@@H]2C(C#N)=C(N)OC3=C2C(=O)CC(C)(C)C3)c(C)c1COc1ccc(F)cc1. The van der Waals surface area contributed by atoms with Crippen LogP contribution in [-0.4, -0.2) is 5.78 Å². The van der Waals surface area contributed by atoms with E-state index in [-0.39, 0.29) is 35.1 Å². The van der Waals surface area contributed by atoms with Crippen LogP contribution >= 0.6 is 0 Å². The highest BCUT2D eigenvalue weighted by molar-refractivity contribution is 6.00. The zero-order valence-electron chi connectivity index (χ0n) is 20.2. The maximum Gasteiger partial charge on any atom is 0.205 e. The smallest absolute Gasteiger partial charge is 0.205 e. The minimum absolute atomic E-state index is 0.0139. The Morgan fingerprint density at radius 2 is 1.85 bits per heavy atom. The summed E-state index contributed by atoms with van der Waals surface area (Å²) in [5.41, 5.74) is 11.5. The maximum absolute atomic E-state index is 13.3. The van der Waals surface area contributed by atoms with Crippen molar-refractivity contribution in [2.24, 2.45) is 11.1 Å². The zero-order valence-corrected chi connectivity index (χ0v) is 20.2. The summed E-state index contributed by atoms with van der Waals surface area (Å²) in [7, 11) is 0. The van der Waals surface area contributed by atoms with Gasteiger partial charge in [-0.3, -0.25) is 4.79 Å². The van der Waals surface area contributed by atoms with Crippen molar-refractivity contribution >= 4 is 5.78 Å². The number of hydrogen-bond acceptors (Lipinski definition) is 5. The Balaban J connectivity index is 1.83. The molecule has 176 valence electrons. The van der Waals surface area contributed by atoms with Crippen molar-refractivity contribution in [1.82, 2.24) is 0 Å². The Labute approximate surface area is 199 Å². The molecule has 4 rings (SSSR count). The molecule has 1 atom stereocenters. The molecule has 1 heterocycles. The molecule has 0 saturated heterocycles. The van der Waals surface area contributed by atoms with E-state index in [9.17, 15) is 14.4 Å². The number of hydrogen-bond donors (Lipinski definition) is 1. The lowest BCUT2D eigenvalue weighted by molar-refractivity contribution is -0.119. The molecule has 2 N–H and O–H groups in total. The van der Waals surface area contributed by atoms with E-state index in [1.807, 2.05) is 40.7 Å². The highest BCUT2D eigenvalue weighted by Gasteiger charge is 2.44. The van der Waals surface area contributed by atoms with Crippen LogP contribution in [0.2, 0.25) is 0 Å². The van der Waals surface area contributed by atoms with E-state index in [4.69, 9.17) is 15.2 Å². The molecule has 1 aliphatic carbocycles. The van der Waals surface area contributed by atoms with Crippen molar-refractivity contribution in [2.75, 3.05) is 0 Å². The number of nitrogens with two attached hydrogens (primary N) is 1. The fourth-order valence-corrected chi connectivity index (χ4v) is 5.17. The molecule has 2 aromatic rings. The summed E-state index contributed by atoms with van der Waals surface area (Å²) in [6, 6.07) is 10.1. The molecular weight excluding hydrogens is 431 g/mol. The number of aryl methyl sites for hydroxylation is 2. The standard InChI is InChI=1S/C28H29FN2O3/c1-15-10-16(2)24(17(3)21(15)14-33-19-8-6-18(29)7-9-19)25-20(13-30)27(31)34-23-12-28(4,5)11-22(32)26(23)25/h6-10,25H,11-12,14,31H2,1-5H3/t25-/m0/s1. The number of ether oxygens (including phenoxy) is 2. The molecule has 0 bridgehead atoms. The van der Waals surface area contributed by atoms with Gasteiger partial charge in [0.15, 0.2) is 5.78 Å². The van der Waals surface area contributed by atoms with Gasteiger partial charge in [0, 0.05) is 18.4 Å². The Morgan fingerprint density at radius 3 is 2.50 bits per heavy atom. The Hall–Kier alpha value is -3.59. The first-order chi connectivity index (χ1) is 16.0. The van der Waals surface area contributed by atoms with E-state index in [1.165, 1.54) is 12.1 Å². The third kappa shape index (κ3) is 4.19. The van der Waals surface area contributed by atoms with Gasteiger partial charge in [-0.2, -0.15) is 5.26 Å². The molecule has 0 radical (unpaired) electrons. The predicted molar refractivity (Wildman–Crippen MR) is 127 cm³/mol. The number of rotatable bonds is 4. The summed E-state index contributed by atoms with van der Waals surface area (Å²) >= 11 is 0. The molecule has 2 aliphatic rings. The van der Waals surface area contributed by atoms with E-state index < -0.39 is 5.92 Å². The molecule has 6 heteroatoms. The Kier molecular flexibility index (Phi) is 5.99. The van der Waals surface area contributed by atoms with Crippen molar-refractivity contribution in [2.45, 2.75) is 60.0 Å². The van der Waals surface area contributed by atoms with Gasteiger partial charge >= 0.3 is 0 Å². The second-order valence-corrected chi connectivity index (χ2v) is 9.97. The highest BCUT2D eigenvalue weighted by atomic mass is 19.1. The third-order valence-electron chi connectivity index (χ3n) is 6.75. The first kappa shape index (κ1) is 23.6. The number of nitrogens with zero attached hydrogens (tertiary/aromatic N) is 1. The van der Waals surface area contributed by atoms with Gasteiger partial charge in [-0.15, -0.1) is 0 Å². The third-order valence-corrected chi connectivity index (χ3v) is 6.75. The minimum Gasteiger partial charge on any atom is -0.489 e. The quantitative estimate of drug-likeness (QED) is 0.625. The normalized spacial score (nSPS) is 19.4. The van der Waals surface area contributed by atoms with Gasteiger partial charge < -0.3 is 15.2 Å². The van der Waals surface area contributed by atoms with Crippen LogP contribution in [0.25, 0.3) is 0 Å². The fraction of sp³-hybridized carbons (Fsp3) is 0.357. The summed E-state index contributed by atoms with van der Waals surface area (Å²) in [5, 5.41) is 10.00. The molecule has 0 fully saturated rings. The van der Waals surface area contributed by atoms with Gasteiger partial charge in [-0.1, -0.05) is 19.9 Å². The summed E-state index contributed by atoms with van der Waals surface area (Å²) in [6.45, 7) is 10.3. The molecule has 5 nitrogen and oxygen atoms in total. The van der Waals surface area contributed by atoms with E-state index in [2.05, 4.69) is 6.07 Å². The van der Waals surface area contributed by atoms with Crippen LogP contribution in [0.15, 0.2) is 53.1 Å². The molecule has 2 aromatic carbocycles. The lowest BCUT2D eigenvalue weighted by Gasteiger charge is -2.38. The number of carbonyl (C=O) groups excluding carboxylic acids is 1.